The molecule has 2 N–H and O–H groups in total. The molecule has 0 bridgehead atoms. The van der Waals surface area contributed by atoms with Crippen molar-refractivity contribution in [2.75, 3.05) is 11.9 Å². The second kappa shape index (κ2) is 8.59. The second-order valence-electron chi connectivity index (χ2n) is 6.61. The number of allylic oxidation sites excluding steroid dienone is 4. The quantitative estimate of drug-likeness (QED) is 0.768. The lowest BCUT2D eigenvalue weighted by Crippen LogP contribution is -2.15. The molecule has 0 unspecified atom stereocenters. The van der Waals surface area contributed by atoms with Gasteiger partial charge in [0, 0.05) is 18.0 Å². The lowest BCUT2D eigenvalue weighted by atomic mass is 10.0. The summed E-state index contributed by atoms with van der Waals surface area (Å²) in [5, 5.41) is 13.1. The maximum Gasteiger partial charge on any atom is 0.171 e. The average Bonchev–Trinajstić information content (AvgIpc) is 2.79. The van der Waals surface area contributed by atoms with Crippen molar-refractivity contribution in [3.63, 3.8) is 0 Å². The molecule has 1 aliphatic carbocycles. The van der Waals surface area contributed by atoms with E-state index in [0.29, 0.717) is 5.76 Å². The van der Waals surface area contributed by atoms with E-state index in [9.17, 15) is 5.11 Å². The van der Waals surface area contributed by atoms with Crippen molar-refractivity contribution in [3.8, 4) is 0 Å². The number of hydrogen-bond donors (Lipinski definition) is 2. The number of hydrogen-bond acceptors (Lipinski definition) is 5. The number of anilines is 1. The zero-order valence-electron chi connectivity index (χ0n) is 15.4. The van der Waals surface area contributed by atoms with Gasteiger partial charge in [0.1, 0.15) is 12.5 Å². The van der Waals surface area contributed by atoms with E-state index in [1.807, 2.05) is 48.6 Å². The Morgan fingerprint density at radius 1 is 1.11 bits per heavy atom. The number of aliphatic hydroxyl groups excluding tert-OH is 1. The largest absolute Gasteiger partial charge is 0.465 e. The zero-order chi connectivity index (χ0) is 19.2. The van der Waals surface area contributed by atoms with Crippen molar-refractivity contribution in [2.45, 2.75) is 18.9 Å². The SMILES string of the molecule is OC[C@H](Nc1cncc(C2=COC=C(C3=CC=CCC3)O2)c1)c1ccccc1. The van der Waals surface area contributed by atoms with Gasteiger partial charge in [-0.25, -0.2) is 0 Å². The van der Waals surface area contributed by atoms with E-state index in [0.717, 1.165) is 41.0 Å². The molecule has 2 aliphatic rings. The molecule has 0 fully saturated rings. The minimum atomic E-state index is -0.217. The summed E-state index contributed by atoms with van der Waals surface area (Å²) >= 11 is 0. The van der Waals surface area contributed by atoms with E-state index in [2.05, 4.69) is 16.4 Å². The van der Waals surface area contributed by atoms with Crippen LogP contribution in [0.15, 0.2) is 90.9 Å². The summed E-state index contributed by atoms with van der Waals surface area (Å²) in [7, 11) is 0. The molecule has 0 saturated heterocycles. The molecular weight excluding hydrogens is 352 g/mol. The summed E-state index contributed by atoms with van der Waals surface area (Å²) < 4.78 is 11.6. The van der Waals surface area contributed by atoms with Crippen molar-refractivity contribution >= 4 is 11.4 Å². The predicted octanol–water partition coefficient (Wildman–Crippen LogP) is 4.69. The van der Waals surface area contributed by atoms with Crippen LogP contribution in [0.5, 0.6) is 0 Å². The Morgan fingerprint density at radius 3 is 2.75 bits per heavy atom. The molecule has 2 heterocycles. The van der Waals surface area contributed by atoms with Crippen LogP contribution in [-0.2, 0) is 9.47 Å². The van der Waals surface area contributed by atoms with Gasteiger partial charge in [-0.05, 0) is 30.0 Å². The highest BCUT2D eigenvalue weighted by molar-refractivity contribution is 5.64. The number of rotatable bonds is 6. The van der Waals surface area contributed by atoms with E-state index in [1.165, 1.54) is 0 Å². The normalized spacial score (nSPS) is 16.8. The Hall–Kier alpha value is -3.31. The molecule has 1 aromatic carbocycles. The lowest BCUT2D eigenvalue weighted by molar-refractivity contribution is 0.276. The number of benzene rings is 1. The first-order valence-electron chi connectivity index (χ1n) is 9.31. The van der Waals surface area contributed by atoms with Crippen molar-refractivity contribution in [1.29, 1.82) is 0 Å². The number of nitrogens with zero attached hydrogens (tertiary/aromatic N) is 1. The highest BCUT2D eigenvalue weighted by Gasteiger charge is 2.17. The van der Waals surface area contributed by atoms with Crippen LogP contribution in [0, 0.1) is 0 Å². The number of nitrogens with one attached hydrogen (secondary N) is 1. The molecule has 0 amide bonds. The fourth-order valence-corrected chi connectivity index (χ4v) is 3.17. The molecule has 142 valence electrons. The van der Waals surface area contributed by atoms with Gasteiger partial charge in [0.25, 0.3) is 0 Å². The van der Waals surface area contributed by atoms with E-state index in [1.54, 1.807) is 24.9 Å². The maximum atomic E-state index is 9.78. The summed E-state index contributed by atoms with van der Waals surface area (Å²) in [6.45, 7) is -0.0227. The lowest BCUT2D eigenvalue weighted by Gasteiger charge is -2.21. The molecule has 4 rings (SSSR count). The fraction of sp³-hybridized carbons (Fsp3) is 0.174. The van der Waals surface area contributed by atoms with Gasteiger partial charge in [-0.2, -0.15) is 0 Å². The van der Waals surface area contributed by atoms with Crippen LogP contribution in [0.25, 0.3) is 5.76 Å². The van der Waals surface area contributed by atoms with Crippen LogP contribution >= 0.6 is 0 Å². The Kier molecular flexibility index (Phi) is 5.54. The Morgan fingerprint density at radius 2 is 1.96 bits per heavy atom. The molecule has 0 radical (unpaired) electrons. The third-order valence-corrected chi connectivity index (χ3v) is 4.65. The summed E-state index contributed by atoms with van der Waals surface area (Å²) in [4.78, 5) is 4.31. The molecule has 1 aliphatic heterocycles. The number of ether oxygens (including phenoxy) is 2. The van der Waals surface area contributed by atoms with E-state index in [4.69, 9.17) is 9.47 Å². The van der Waals surface area contributed by atoms with E-state index in [-0.39, 0.29) is 12.6 Å². The smallest absolute Gasteiger partial charge is 0.171 e. The molecule has 1 atom stereocenters. The predicted molar refractivity (Wildman–Crippen MR) is 109 cm³/mol. The van der Waals surface area contributed by atoms with Crippen molar-refractivity contribution in [2.24, 2.45) is 0 Å². The van der Waals surface area contributed by atoms with Crippen LogP contribution in [0.3, 0.4) is 0 Å². The van der Waals surface area contributed by atoms with Gasteiger partial charge in [0.15, 0.2) is 11.5 Å². The summed E-state index contributed by atoms with van der Waals surface area (Å²) in [5.74, 6) is 1.32. The molecule has 28 heavy (non-hydrogen) atoms. The standard InChI is InChI=1S/C23H22N2O3/c26-14-21(17-7-3-1-4-8-17)25-20-11-19(12-24-13-20)23-16-27-15-22(28-23)18-9-5-2-6-10-18/h1-5,7-9,11-13,15-16,21,25-26H,6,10,14H2/t21-/m0/s1. The van der Waals surface area contributed by atoms with E-state index < -0.39 is 0 Å². The number of aromatic nitrogens is 1. The average molecular weight is 374 g/mol. The van der Waals surface area contributed by atoms with Gasteiger partial charge >= 0.3 is 0 Å². The molecule has 5 nitrogen and oxygen atoms in total. The summed E-state index contributed by atoms with van der Waals surface area (Å²) in [6, 6.07) is 11.5. The molecular formula is C23H22N2O3. The molecule has 0 saturated carbocycles. The third-order valence-electron chi connectivity index (χ3n) is 4.65. The van der Waals surface area contributed by atoms with Gasteiger partial charge in [0.05, 0.1) is 18.3 Å². The third kappa shape index (κ3) is 4.15. The number of pyridine rings is 1. The van der Waals surface area contributed by atoms with Gasteiger partial charge < -0.3 is 19.9 Å². The first kappa shape index (κ1) is 18.1. The summed E-state index contributed by atoms with van der Waals surface area (Å²) in [5.41, 5.74) is 3.71. The van der Waals surface area contributed by atoms with E-state index >= 15 is 0 Å². The van der Waals surface area contributed by atoms with Crippen molar-refractivity contribution in [3.05, 3.63) is 102 Å². The monoisotopic (exact) mass is 374 g/mol. The van der Waals surface area contributed by atoms with Crippen LogP contribution in [0.1, 0.15) is 30.0 Å². The van der Waals surface area contributed by atoms with Gasteiger partial charge in [-0.3, -0.25) is 4.98 Å². The molecule has 5 heteroatoms. The number of aliphatic hydroxyl groups is 1. The highest BCUT2D eigenvalue weighted by atomic mass is 16.5. The first-order chi connectivity index (χ1) is 13.8. The first-order valence-corrected chi connectivity index (χ1v) is 9.31. The zero-order valence-corrected chi connectivity index (χ0v) is 15.4. The van der Waals surface area contributed by atoms with Crippen LogP contribution in [0.2, 0.25) is 0 Å². The topological polar surface area (TPSA) is 63.6 Å². The minimum absolute atomic E-state index is 0.0227. The van der Waals surface area contributed by atoms with Crippen LogP contribution < -0.4 is 5.32 Å². The Labute approximate surface area is 164 Å². The molecule has 1 aromatic heterocycles. The van der Waals surface area contributed by atoms with Gasteiger partial charge in [-0.15, -0.1) is 0 Å². The Balaban J connectivity index is 1.50. The molecule has 0 spiro atoms. The van der Waals surface area contributed by atoms with Gasteiger partial charge in [0.2, 0.25) is 0 Å². The van der Waals surface area contributed by atoms with Crippen molar-refractivity contribution < 1.29 is 14.6 Å². The Bertz CT molecular complexity index is 945. The van der Waals surface area contributed by atoms with Crippen LogP contribution in [0.4, 0.5) is 5.69 Å². The fourth-order valence-electron chi connectivity index (χ4n) is 3.17. The summed E-state index contributed by atoms with van der Waals surface area (Å²) in [6.07, 6.45) is 14.8. The highest BCUT2D eigenvalue weighted by Crippen LogP contribution is 2.31. The van der Waals surface area contributed by atoms with Crippen molar-refractivity contribution in [1.82, 2.24) is 4.98 Å². The van der Waals surface area contributed by atoms with Gasteiger partial charge in [-0.1, -0.05) is 48.6 Å². The minimum Gasteiger partial charge on any atom is -0.465 e. The molecule has 2 aromatic rings. The van der Waals surface area contributed by atoms with Crippen LogP contribution in [-0.4, -0.2) is 16.7 Å². The second-order valence-corrected chi connectivity index (χ2v) is 6.61. The maximum absolute atomic E-state index is 9.78.